The molecule has 1 aromatic carbocycles. The van der Waals surface area contributed by atoms with Gasteiger partial charge in [0, 0.05) is 12.6 Å². The van der Waals surface area contributed by atoms with Crippen molar-refractivity contribution in [1.82, 2.24) is 5.32 Å². The van der Waals surface area contributed by atoms with E-state index in [1.54, 1.807) is 0 Å². The van der Waals surface area contributed by atoms with Crippen LogP contribution in [-0.2, 0) is 4.74 Å². The molecular formula is C15H23NO. The van der Waals surface area contributed by atoms with Gasteiger partial charge in [-0.2, -0.15) is 0 Å². The standard InChI is InChI=1S/C15H23NO/c1-4-16-14-7-8-17-15(10-14)13-6-5-11(2)12(3)9-13/h5-6,9,14-16H,4,7-8,10H2,1-3H3. The lowest BCUT2D eigenvalue weighted by molar-refractivity contribution is 0.000561. The highest BCUT2D eigenvalue weighted by Crippen LogP contribution is 2.29. The van der Waals surface area contributed by atoms with Crippen LogP contribution in [0.1, 0.15) is 42.6 Å². The molecule has 1 aliphatic rings. The summed E-state index contributed by atoms with van der Waals surface area (Å²) >= 11 is 0. The van der Waals surface area contributed by atoms with Gasteiger partial charge in [0.05, 0.1) is 6.10 Å². The van der Waals surface area contributed by atoms with Crippen molar-refractivity contribution < 1.29 is 4.74 Å². The molecule has 94 valence electrons. The van der Waals surface area contributed by atoms with Crippen LogP contribution in [0.15, 0.2) is 18.2 Å². The van der Waals surface area contributed by atoms with Crippen molar-refractivity contribution >= 4 is 0 Å². The maximum Gasteiger partial charge on any atom is 0.0839 e. The van der Waals surface area contributed by atoms with Crippen molar-refractivity contribution in [2.45, 2.75) is 45.8 Å². The monoisotopic (exact) mass is 233 g/mol. The molecule has 0 aromatic heterocycles. The van der Waals surface area contributed by atoms with Gasteiger partial charge in [-0.15, -0.1) is 0 Å². The van der Waals surface area contributed by atoms with Gasteiger partial charge in [-0.1, -0.05) is 25.1 Å². The zero-order valence-electron chi connectivity index (χ0n) is 11.1. The summed E-state index contributed by atoms with van der Waals surface area (Å²) in [5.41, 5.74) is 4.04. The highest BCUT2D eigenvalue weighted by Gasteiger charge is 2.23. The molecule has 2 heteroatoms. The van der Waals surface area contributed by atoms with Crippen LogP contribution in [0, 0.1) is 13.8 Å². The number of hydrogen-bond acceptors (Lipinski definition) is 2. The van der Waals surface area contributed by atoms with Gasteiger partial charge in [0.15, 0.2) is 0 Å². The van der Waals surface area contributed by atoms with Crippen molar-refractivity contribution in [3.05, 3.63) is 34.9 Å². The molecule has 0 radical (unpaired) electrons. The van der Waals surface area contributed by atoms with Crippen LogP contribution in [0.3, 0.4) is 0 Å². The van der Waals surface area contributed by atoms with E-state index in [1.807, 2.05) is 0 Å². The van der Waals surface area contributed by atoms with Gasteiger partial charge in [-0.25, -0.2) is 0 Å². The predicted molar refractivity (Wildman–Crippen MR) is 71.3 cm³/mol. The van der Waals surface area contributed by atoms with Gasteiger partial charge in [0.25, 0.3) is 0 Å². The molecule has 1 N–H and O–H groups in total. The molecule has 0 saturated carbocycles. The molecule has 1 heterocycles. The number of benzene rings is 1. The number of nitrogens with one attached hydrogen (secondary N) is 1. The van der Waals surface area contributed by atoms with Crippen LogP contribution >= 0.6 is 0 Å². The van der Waals surface area contributed by atoms with Crippen molar-refractivity contribution in [3.8, 4) is 0 Å². The predicted octanol–water partition coefficient (Wildman–Crippen LogP) is 3.13. The zero-order valence-corrected chi connectivity index (χ0v) is 11.1. The van der Waals surface area contributed by atoms with Gasteiger partial charge < -0.3 is 10.1 Å². The first-order chi connectivity index (χ1) is 8.20. The summed E-state index contributed by atoms with van der Waals surface area (Å²) in [5, 5.41) is 3.53. The molecule has 17 heavy (non-hydrogen) atoms. The molecule has 0 bridgehead atoms. The van der Waals surface area contributed by atoms with Crippen LogP contribution < -0.4 is 5.32 Å². The van der Waals surface area contributed by atoms with Crippen LogP contribution in [0.25, 0.3) is 0 Å². The summed E-state index contributed by atoms with van der Waals surface area (Å²) in [6.07, 6.45) is 2.50. The van der Waals surface area contributed by atoms with E-state index in [4.69, 9.17) is 4.74 Å². The Hall–Kier alpha value is -0.860. The molecule has 0 amide bonds. The molecule has 2 unspecified atom stereocenters. The lowest BCUT2D eigenvalue weighted by Gasteiger charge is -2.30. The van der Waals surface area contributed by atoms with Crippen LogP contribution in [0.5, 0.6) is 0 Å². The van der Waals surface area contributed by atoms with E-state index in [9.17, 15) is 0 Å². The summed E-state index contributed by atoms with van der Waals surface area (Å²) in [5.74, 6) is 0. The van der Waals surface area contributed by atoms with E-state index < -0.39 is 0 Å². The van der Waals surface area contributed by atoms with Gasteiger partial charge in [-0.05, 0) is 49.9 Å². The van der Waals surface area contributed by atoms with Crippen molar-refractivity contribution in [2.24, 2.45) is 0 Å². The molecule has 2 rings (SSSR count). The van der Waals surface area contributed by atoms with Gasteiger partial charge in [0.1, 0.15) is 0 Å². The van der Waals surface area contributed by atoms with E-state index >= 15 is 0 Å². The Morgan fingerprint density at radius 2 is 2.12 bits per heavy atom. The molecule has 2 atom stereocenters. The Balaban J connectivity index is 2.08. The van der Waals surface area contributed by atoms with Crippen molar-refractivity contribution in [3.63, 3.8) is 0 Å². The fraction of sp³-hybridized carbons (Fsp3) is 0.600. The third-order valence-corrected chi connectivity index (χ3v) is 3.68. The molecule has 1 aliphatic heterocycles. The molecule has 0 aliphatic carbocycles. The van der Waals surface area contributed by atoms with E-state index in [2.05, 4.69) is 44.3 Å². The second-order valence-corrected chi connectivity index (χ2v) is 4.98. The molecule has 1 fully saturated rings. The third kappa shape index (κ3) is 3.08. The maximum atomic E-state index is 5.90. The lowest BCUT2D eigenvalue weighted by Crippen LogP contribution is -2.35. The minimum atomic E-state index is 0.270. The summed E-state index contributed by atoms with van der Waals surface area (Å²) in [6, 6.07) is 7.29. The van der Waals surface area contributed by atoms with Crippen molar-refractivity contribution in [2.75, 3.05) is 13.2 Å². The average molecular weight is 233 g/mol. The average Bonchev–Trinajstić information content (AvgIpc) is 2.33. The van der Waals surface area contributed by atoms with Crippen molar-refractivity contribution in [1.29, 1.82) is 0 Å². The van der Waals surface area contributed by atoms with E-state index in [0.29, 0.717) is 6.04 Å². The number of hydrogen-bond donors (Lipinski definition) is 1. The smallest absolute Gasteiger partial charge is 0.0839 e. The number of aryl methyl sites for hydroxylation is 2. The Bertz CT molecular complexity index is 373. The minimum absolute atomic E-state index is 0.270. The molecular weight excluding hydrogens is 210 g/mol. The highest BCUT2D eigenvalue weighted by molar-refractivity contribution is 5.31. The normalized spacial score (nSPS) is 24.9. The van der Waals surface area contributed by atoms with Crippen LogP contribution in [-0.4, -0.2) is 19.2 Å². The van der Waals surface area contributed by atoms with Gasteiger partial charge in [0.2, 0.25) is 0 Å². The van der Waals surface area contributed by atoms with Crippen LogP contribution in [0.4, 0.5) is 0 Å². The minimum Gasteiger partial charge on any atom is -0.373 e. The Morgan fingerprint density at radius 1 is 1.29 bits per heavy atom. The number of ether oxygens (including phenoxy) is 1. The second kappa shape index (κ2) is 5.65. The number of rotatable bonds is 3. The topological polar surface area (TPSA) is 21.3 Å². The Morgan fingerprint density at radius 3 is 2.82 bits per heavy atom. The van der Waals surface area contributed by atoms with Crippen LogP contribution in [0.2, 0.25) is 0 Å². The first-order valence-corrected chi connectivity index (χ1v) is 6.63. The SMILES string of the molecule is CCNC1CCOC(c2ccc(C)c(C)c2)C1. The zero-order chi connectivity index (χ0) is 12.3. The molecule has 0 spiro atoms. The Kier molecular flexibility index (Phi) is 4.19. The highest BCUT2D eigenvalue weighted by atomic mass is 16.5. The van der Waals surface area contributed by atoms with E-state index in [1.165, 1.54) is 16.7 Å². The molecule has 1 aromatic rings. The van der Waals surface area contributed by atoms with Gasteiger partial charge in [-0.3, -0.25) is 0 Å². The first-order valence-electron chi connectivity index (χ1n) is 6.63. The lowest BCUT2D eigenvalue weighted by atomic mass is 9.95. The summed E-state index contributed by atoms with van der Waals surface area (Å²) < 4.78 is 5.90. The fourth-order valence-corrected chi connectivity index (χ4v) is 2.47. The van der Waals surface area contributed by atoms with E-state index in [-0.39, 0.29) is 6.10 Å². The largest absolute Gasteiger partial charge is 0.373 e. The summed E-state index contributed by atoms with van der Waals surface area (Å²) in [7, 11) is 0. The third-order valence-electron chi connectivity index (χ3n) is 3.68. The quantitative estimate of drug-likeness (QED) is 0.866. The molecule has 2 nitrogen and oxygen atoms in total. The maximum absolute atomic E-state index is 5.90. The van der Waals surface area contributed by atoms with Gasteiger partial charge >= 0.3 is 0 Å². The Labute approximate surface area is 104 Å². The molecule has 1 saturated heterocycles. The van der Waals surface area contributed by atoms with E-state index in [0.717, 1.165) is 26.0 Å². The fourth-order valence-electron chi connectivity index (χ4n) is 2.47. The second-order valence-electron chi connectivity index (χ2n) is 4.98. The summed E-state index contributed by atoms with van der Waals surface area (Å²) in [6.45, 7) is 8.41. The summed E-state index contributed by atoms with van der Waals surface area (Å²) in [4.78, 5) is 0. The first kappa shape index (κ1) is 12.6.